The summed E-state index contributed by atoms with van der Waals surface area (Å²) < 4.78 is 19.4. The minimum Gasteiger partial charge on any atom is -0.456 e. The second-order valence-corrected chi connectivity index (χ2v) is 13.1. The van der Waals surface area contributed by atoms with Gasteiger partial charge in [-0.15, -0.1) is 0 Å². The number of fused-ring (bicyclic) bond motifs is 9. The molecule has 0 aliphatic rings. The molecule has 0 aliphatic carbocycles. The Labute approximate surface area is 297 Å². The van der Waals surface area contributed by atoms with Gasteiger partial charge in [-0.05, 0) is 77.2 Å². The second-order valence-electron chi connectivity index (χ2n) is 13.1. The predicted octanol–water partition coefficient (Wildman–Crippen LogP) is 13.6. The Bertz CT molecular complexity index is 3150. The highest BCUT2D eigenvalue weighted by molar-refractivity contribution is 6.15. The highest BCUT2D eigenvalue weighted by Gasteiger charge is 2.22. The van der Waals surface area contributed by atoms with Crippen LogP contribution in [-0.2, 0) is 0 Å². The summed E-state index contributed by atoms with van der Waals surface area (Å²) in [6.45, 7) is 0. The Hall–Kier alpha value is -7.11. The lowest BCUT2D eigenvalue weighted by atomic mass is 10.0. The van der Waals surface area contributed by atoms with Gasteiger partial charge in [0.2, 0.25) is 5.89 Å². The molecule has 0 amide bonds. The molecular formula is C47H28N2O3. The zero-order valence-electron chi connectivity index (χ0n) is 27.8. The van der Waals surface area contributed by atoms with Gasteiger partial charge in [-0.25, -0.2) is 4.98 Å². The van der Waals surface area contributed by atoms with Crippen LogP contribution in [0, 0.1) is 0 Å². The molecule has 3 aromatic heterocycles. The van der Waals surface area contributed by atoms with Gasteiger partial charge in [0.05, 0.1) is 11.1 Å². The van der Waals surface area contributed by atoms with Gasteiger partial charge < -0.3 is 18.2 Å². The number of benzene rings is 8. The van der Waals surface area contributed by atoms with Gasteiger partial charge in [0.1, 0.15) is 27.8 Å². The van der Waals surface area contributed by atoms with Crippen LogP contribution in [0.4, 0.5) is 17.1 Å². The summed E-state index contributed by atoms with van der Waals surface area (Å²) in [6, 6.07) is 58.5. The first kappa shape index (κ1) is 28.7. The van der Waals surface area contributed by atoms with Crippen molar-refractivity contribution in [2.45, 2.75) is 0 Å². The smallest absolute Gasteiger partial charge is 0.228 e. The molecule has 0 fully saturated rings. The molecule has 0 aliphatic heterocycles. The van der Waals surface area contributed by atoms with E-state index in [4.69, 9.17) is 18.2 Å². The van der Waals surface area contributed by atoms with Crippen LogP contribution in [0.5, 0.6) is 0 Å². The summed E-state index contributed by atoms with van der Waals surface area (Å²) in [4.78, 5) is 7.33. The minimum absolute atomic E-state index is 0.571. The molecule has 5 nitrogen and oxygen atoms in total. The molecule has 244 valence electrons. The number of anilines is 3. The number of furan rings is 2. The Morgan fingerprint density at radius 3 is 2.02 bits per heavy atom. The summed E-state index contributed by atoms with van der Waals surface area (Å²) >= 11 is 0. The molecule has 0 saturated heterocycles. The number of aromatic nitrogens is 1. The third-order valence-electron chi connectivity index (χ3n) is 10.1. The summed E-state index contributed by atoms with van der Waals surface area (Å²) in [5.41, 5.74) is 11.0. The largest absolute Gasteiger partial charge is 0.456 e. The van der Waals surface area contributed by atoms with E-state index < -0.39 is 0 Å². The summed E-state index contributed by atoms with van der Waals surface area (Å²) in [5.74, 6) is 0.571. The van der Waals surface area contributed by atoms with E-state index in [1.807, 2.05) is 54.6 Å². The summed E-state index contributed by atoms with van der Waals surface area (Å²) in [7, 11) is 0. The Morgan fingerprint density at radius 2 is 1.10 bits per heavy atom. The average molecular weight is 669 g/mol. The highest BCUT2D eigenvalue weighted by atomic mass is 16.4. The topological polar surface area (TPSA) is 55.6 Å². The van der Waals surface area contributed by atoms with Gasteiger partial charge in [-0.1, -0.05) is 103 Å². The average Bonchev–Trinajstić information content (AvgIpc) is 3.92. The van der Waals surface area contributed by atoms with Crippen molar-refractivity contribution in [3.05, 3.63) is 170 Å². The molecule has 5 heteroatoms. The van der Waals surface area contributed by atoms with Gasteiger partial charge in [0.25, 0.3) is 0 Å². The lowest BCUT2D eigenvalue weighted by Gasteiger charge is -2.26. The molecular weight excluding hydrogens is 641 g/mol. The van der Waals surface area contributed by atoms with Gasteiger partial charge in [-0.3, -0.25) is 0 Å². The van der Waals surface area contributed by atoms with Crippen LogP contribution >= 0.6 is 0 Å². The Morgan fingerprint density at radius 1 is 0.404 bits per heavy atom. The number of oxazole rings is 1. The first-order valence-electron chi connectivity index (χ1n) is 17.4. The van der Waals surface area contributed by atoms with Gasteiger partial charge in [-0.2, -0.15) is 0 Å². The van der Waals surface area contributed by atoms with E-state index in [0.29, 0.717) is 5.89 Å². The van der Waals surface area contributed by atoms with Crippen molar-refractivity contribution in [2.24, 2.45) is 0 Å². The molecule has 3 heterocycles. The standard InChI is InChI=1S/C47H28N2O3/c1-2-11-29(12-3-1)31-14-8-15-32(27-31)49(38-19-10-22-41-45(38)35-17-6-7-20-39(35)50-41)33-24-25-36-43(28-33)51-40-21-9-18-37(44(36)40)47-48-46-34-16-5-4-13-30(34)23-26-42(46)52-47/h1-28H. The SMILES string of the molecule is c1ccc(-c2cccc(N(c3ccc4c(c3)oc3cccc(-c5nc6c(ccc7ccccc76)o5)c34)c3cccc4oc5ccccc5c34)c2)cc1. The van der Waals surface area contributed by atoms with Crippen LogP contribution in [0.3, 0.4) is 0 Å². The van der Waals surface area contributed by atoms with Crippen LogP contribution in [0.15, 0.2) is 183 Å². The van der Waals surface area contributed by atoms with Crippen molar-refractivity contribution in [3.63, 3.8) is 0 Å². The maximum Gasteiger partial charge on any atom is 0.228 e. The highest BCUT2D eigenvalue weighted by Crippen LogP contribution is 2.46. The number of hydrogen-bond acceptors (Lipinski definition) is 5. The number of hydrogen-bond donors (Lipinski definition) is 0. The van der Waals surface area contributed by atoms with Gasteiger partial charge in [0.15, 0.2) is 5.58 Å². The van der Waals surface area contributed by atoms with Crippen molar-refractivity contribution >= 4 is 82.8 Å². The number of nitrogens with zero attached hydrogens (tertiary/aromatic N) is 2. The Balaban J connectivity index is 1.12. The molecule has 0 N–H and O–H groups in total. The molecule has 0 unspecified atom stereocenters. The molecule has 11 aromatic rings. The van der Waals surface area contributed by atoms with Gasteiger partial charge in [0, 0.05) is 44.5 Å². The fourth-order valence-electron chi connectivity index (χ4n) is 7.73. The van der Waals surface area contributed by atoms with E-state index in [1.54, 1.807) is 0 Å². The Kier molecular flexibility index (Phi) is 6.18. The van der Waals surface area contributed by atoms with E-state index in [0.717, 1.165) is 99.5 Å². The fraction of sp³-hybridized carbons (Fsp3) is 0. The van der Waals surface area contributed by atoms with Crippen LogP contribution in [0.25, 0.3) is 88.3 Å². The maximum atomic E-state index is 6.64. The minimum atomic E-state index is 0.571. The first-order chi connectivity index (χ1) is 25.8. The third-order valence-corrected chi connectivity index (χ3v) is 10.1. The van der Waals surface area contributed by atoms with Crippen LogP contribution in [-0.4, -0.2) is 4.98 Å². The number of rotatable bonds is 5. The third kappa shape index (κ3) is 4.39. The summed E-state index contributed by atoms with van der Waals surface area (Å²) in [5, 5.41) is 6.29. The molecule has 0 radical (unpaired) electrons. The molecule has 0 spiro atoms. The molecule has 0 saturated carbocycles. The van der Waals surface area contributed by atoms with E-state index in [2.05, 4.69) is 120 Å². The molecule has 0 bridgehead atoms. The van der Waals surface area contributed by atoms with Crippen molar-refractivity contribution in [3.8, 4) is 22.6 Å². The van der Waals surface area contributed by atoms with Crippen LogP contribution in [0.1, 0.15) is 0 Å². The van der Waals surface area contributed by atoms with Crippen molar-refractivity contribution in [1.82, 2.24) is 4.98 Å². The van der Waals surface area contributed by atoms with Crippen molar-refractivity contribution in [1.29, 1.82) is 0 Å². The van der Waals surface area contributed by atoms with Crippen LogP contribution in [0.2, 0.25) is 0 Å². The lowest BCUT2D eigenvalue weighted by Crippen LogP contribution is -2.10. The molecule has 11 rings (SSSR count). The van der Waals surface area contributed by atoms with Gasteiger partial charge >= 0.3 is 0 Å². The molecule has 52 heavy (non-hydrogen) atoms. The monoisotopic (exact) mass is 668 g/mol. The fourth-order valence-corrected chi connectivity index (χ4v) is 7.73. The second kappa shape index (κ2) is 11.2. The molecule has 8 aromatic carbocycles. The number of para-hydroxylation sites is 1. The molecule has 0 atom stereocenters. The zero-order valence-corrected chi connectivity index (χ0v) is 27.8. The lowest BCUT2D eigenvalue weighted by molar-refractivity contribution is 0.620. The quantitative estimate of drug-likeness (QED) is 0.183. The van der Waals surface area contributed by atoms with E-state index >= 15 is 0 Å². The van der Waals surface area contributed by atoms with Crippen LogP contribution < -0.4 is 4.90 Å². The van der Waals surface area contributed by atoms with E-state index in [9.17, 15) is 0 Å². The van der Waals surface area contributed by atoms with Crippen molar-refractivity contribution < 1.29 is 13.3 Å². The maximum absolute atomic E-state index is 6.64. The van der Waals surface area contributed by atoms with Crippen molar-refractivity contribution in [2.75, 3.05) is 4.90 Å². The predicted molar refractivity (Wildman–Crippen MR) is 212 cm³/mol. The first-order valence-corrected chi connectivity index (χ1v) is 17.4. The zero-order chi connectivity index (χ0) is 34.2. The van der Waals surface area contributed by atoms with E-state index in [-0.39, 0.29) is 0 Å². The normalized spacial score (nSPS) is 11.8. The van der Waals surface area contributed by atoms with E-state index in [1.165, 1.54) is 0 Å². The summed E-state index contributed by atoms with van der Waals surface area (Å²) in [6.07, 6.45) is 0.